The topological polar surface area (TPSA) is 94.6 Å². The number of nitrogens with one attached hydrogen (secondary N) is 3. The number of rotatable bonds is 9. The maximum Gasteiger partial charge on any atom is 0.191 e. The molecule has 24 heavy (non-hydrogen) atoms. The molecule has 1 atom stereocenters. The molecule has 136 valence electrons. The Hall–Kier alpha value is -1.60. The largest absolute Gasteiger partial charge is 0.396 e. The molecule has 0 radical (unpaired) electrons. The van der Waals surface area contributed by atoms with Crippen LogP contribution in [0.2, 0.25) is 0 Å². The van der Waals surface area contributed by atoms with Gasteiger partial charge in [0.05, 0.1) is 19.3 Å². The normalized spacial score (nSPS) is 21.2. The smallest absolute Gasteiger partial charge is 0.191 e. The van der Waals surface area contributed by atoms with Gasteiger partial charge in [-0.1, -0.05) is 0 Å². The maximum absolute atomic E-state index is 9.30. The number of H-pyrrole nitrogens is 1. The molecular weight excluding hydrogens is 306 g/mol. The number of hydrogen-bond acceptors (Lipinski definition) is 4. The first-order valence-corrected chi connectivity index (χ1v) is 8.89. The Labute approximate surface area is 144 Å². The summed E-state index contributed by atoms with van der Waals surface area (Å²) in [7, 11) is 0. The van der Waals surface area contributed by atoms with Gasteiger partial charge in [-0.2, -0.15) is 5.10 Å². The highest BCUT2D eigenvalue weighted by atomic mass is 16.5. The highest BCUT2D eigenvalue weighted by molar-refractivity contribution is 5.79. The van der Waals surface area contributed by atoms with E-state index >= 15 is 0 Å². The highest BCUT2D eigenvalue weighted by Crippen LogP contribution is 2.32. The quantitative estimate of drug-likeness (QED) is 0.306. The van der Waals surface area contributed by atoms with Crippen molar-refractivity contribution >= 4 is 5.96 Å². The molecule has 0 amide bonds. The number of aliphatic hydroxyl groups excluding tert-OH is 1. The summed E-state index contributed by atoms with van der Waals surface area (Å²) >= 11 is 0. The third kappa shape index (κ3) is 5.49. The fourth-order valence-corrected chi connectivity index (χ4v) is 2.99. The second-order valence-corrected chi connectivity index (χ2v) is 6.52. The molecule has 0 bridgehead atoms. The minimum atomic E-state index is -0.00892. The Balaban J connectivity index is 1.80. The van der Waals surface area contributed by atoms with Crippen molar-refractivity contribution in [1.82, 2.24) is 20.8 Å². The number of aromatic amines is 1. The molecule has 7 nitrogen and oxygen atoms in total. The van der Waals surface area contributed by atoms with E-state index in [0.29, 0.717) is 13.2 Å². The van der Waals surface area contributed by atoms with E-state index in [0.717, 1.165) is 57.0 Å². The van der Waals surface area contributed by atoms with Crippen molar-refractivity contribution in [2.24, 2.45) is 10.4 Å². The van der Waals surface area contributed by atoms with Gasteiger partial charge >= 0.3 is 0 Å². The molecule has 1 aromatic rings. The van der Waals surface area contributed by atoms with E-state index in [4.69, 9.17) is 9.73 Å². The van der Waals surface area contributed by atoms with Gasteiger partial charge in [-0.05, 0) is 45.1 Å². The third-order valence-corrected chi connectivity index (χ3v) is 4.59. The number of aryl methyl sites for hydroxylation is 2. The average Bonchev–Trinajstić information content (AvgIpc) is 3.19. The molecule has 0 saturated carbocycles. The van der Waals surface area contributed by atoms with Crippen molar-refractivity contribution in [3.63, 3.8) is 0 Å². The lowest BCUT2D eigenvalue weighted by Gasteiger charge is -2.24. The molecule has 2 heterocycles. The van der Waals surface area contributed by atoms with Crippen LogP contribution in [-0.2, 0) is 11.2 Å². The van der Waals surface area contributed by atoms with Crippen molar-refractivity contribution in [2.75, 3.05) is 39.5 Å². The van der Waals surface area contributed by atoms with E-state index in [-0.39, 0.29) is 12.0 Å². The Kier molecular flexibility index (Phi) is 7.52. The Morgan fingerprint density at radius 2 is 2.38 bits per heavy atom. The minimum Gasteiger partial charge on any atom is -0.396 e. The highest BCUT2D eigenvalue weighted by Gasteiger charge is 2.34. The molecule has 0 aromatic carbocycles. The van der Waals surface area contributed by atoms with Gasteiger partial charge in [0.1, 0.15) is 0 Å². The van der Waals surface area contributed by atoms with Crippen LogP contribution in [0.25, 0.3) is 0 Å². The van der Waals surface area contributed by atoms with E-state index in [1.54, 1.807) is 0 Å². The molecule has 0 aliphatic carbocycles. The van der Waals surface area contributed by atoms with Crippen LogP contribution < -0.4 is 10.6 Å². The first-order valence-electron chi connectivity index (χ1n) is 8.89. The maximum atomic E-state index is 9.30. The van der Waals surface area contributed by atoms with Crippen LogP contribution in [0.4, 0.5) is 0 Å². The van der Waals surface area contributed by atoms with Gasteiger partial charge in [-0.15, -0.1) is 0 Å². The zero-order valence-electron chi connectivity index (χ0n) is 14.9. The molecule has 1 aliphatic heterocycles. The lowest BCUT2D eigenvalue weighted by Crippen LogP contribution is -2.39. The van der Waals surface area contributed by atoms with E-state index in [2.05, 4.69) is 27.8 Å². The van der Waals surface area contributed by atoms with Crippen LogP contribution in [0.5, 0.6) is 0 Å². The summed E-state index contributed by atoms with van der Waals surface area (Å²) in [5.41, 5.74) is 2.40. The summed E-state index contributed by atoms with van der Waals surface area (Å²) < 4.78 is 5.53. The van der Waals surface area contributed by atoms with Gasteiger partial charge in [0.2, 0.25) is 0 Å². The summed E-state index contributed by atoms with van der Waals surface area (Å²) in [5.74, 6) is 0.839. The Bertz CT molecular complexity index is 509. The lowest BCUT2D eigenvalue weighted by atomic mass is 9.84. The molecule has 7 heteroatoms. The standard InChI is InChI=1S/C17H31N5O2/c1-3-18-16(19-8-4-5-15-11-21-22-14(15)2)20-12-17(6-9-23)7-10-24-13-17/h11,23H,3-10,12-13H2,1-2H3,(H,21,22)(H2,18,19,20). The number of guanidine groups is 1. The van der Waals surface area contributed by atoms with Crippen LogP contribution in [-0.4, -0.2) is 60.7 Å². The van der Waals surface area contributed by atoms with Gasteiger partial charge in [-0.25, -0.2) is 0 Å². The molecule has 1 aromatic heterocycles. The fraction of sp³-hybridized carbons (Fsp3) is 0.765. The molecule has 1 unspecified atom stereocenters. The first-order chi connectivity index (χ1) is 11.7. The fourth-order valence-electron chi connectivity index (χ4n) is 2.99. The van der Waals surface area contributed by atoms with Crippen LogP contribution >= 0.6 is 0 Å². The van der Waals surface area contributed by atoms with Crippen molar-refractivity contribution < 1.29 is 9.84 Å². The number of aliphatic hydroxyl groups is 1. The third-order valence-electron chi connectivity index (χ3n) is 4.59. The molecule has 1 fully saturated rings. The Morgan fingerprint density at radius 1 is 1.50 bits per heavy atom. The summed E-state index contributed by atoms with van der Waals surface area (Å²) in [6, 6.07) is 0. The second kappa shape index (κ2) is 9.64. The number of ether oxygens (including phenoxy) is 1. The van der Waals surface area contributed by atoms with Crippen LogP contribution in [0.1, 0.15) is 37.4 Å². The van der Waals surface area contributed by atoms with Gasteiger partial charge in [0.25, 0.3) is 0 Å². The number of aromatic nitrogens is 2. The summed E-state index contributed by atoms with van der Waals surface area (Å²) in [5, 5.41) is 23.0. The van der Waals surface area contributed by atoms with Crippen molar-refractivity contribution in [1.29, 1.82) is 0 Å². The zero-order valence-corrected chi connectivity index (χ0v) is 14.9. The summed E-state index contributed by atoms with van der Waals surface area (Å²) in [4.78, 5) is 4.72. The van der Waals surface area contributed by atoms with Gasteiger partial charge in [0.15, 0.2) is 5.96 Å². The predicted octanol–water partition coefficient (Wildman–Crippen LogP) is 0.995. The number of aliphatic imine (C=N–C) groups is 1. The Morgan fingerprint density at radius 3 is 3.00 bits per heavy atom. The molecule has 1 aliphatic rings. The number of nitrogens with zero attached hydrogens (tertiary/aromatic N) is 2. The van der Waals surface area contributed by atoms with Crippen molar-refractivity contribution in [3.8, 4) is 0 Å². The molecule has 0 spiro atoms. The second-order valence-electron chi connectivity index (χ2n) is 6.52. The van der Waals surface area contributed by atoms with Gasteiger partial charge in [0, 0.05) is 37.4 Å². The van der Waals surface area contributed by atoms with Crippen LogP contribution in [0.3, 0.4) is 0 Å². The number of hydrogen-bond donors (Lipinski definition) is 4. The van der Waals surface area contributed by atoms with E-state index in [9.17, 15) is 5.11 Å². The molecule has 2 rings (SSSR count). The van der Waals surface area contributed by atoms with Crippen molar-refractivity contribution in [3.05, 3.63) is 17.5 Å². The molecule has 1 saturated heterocycles. The zero-order chi connectivity index (χ0) is 17.3. The monoisotopic (exact) mass is 337 g/mol. The van der Waals surface area contributed by atoms with E-state index < -0.39 is 0 Å². The van der Waals surface area contributed by atoms with E-state index in [1.807, 2.05) is 13.1 Å². The predicted molar refractivity (Wildman–Crippen MR) is 95.2 cm³/mol. The molecule has 4 N–H and O–H groups in total. The van der Waals surface area contributed by atoms with Crippen LogP contribution in [0.15, 0.2) is 11.2 Å². The molecular formula is C17H31N5O2. The minimum absolute atomic E-state index is 0.00892. The van der Waals surface area contributed by atoms with Crippen LogP contribution in [0, 0.1) is 12.3 Å². The van der Waals surface area contributed by atoms with Gasteiger partial charge in [-0.3, -0.25) is 10.1 Å². The summed E-state index contributed by atoms with van der Waals surface area (Å²) in [6.07, 6.45) is 5.63. The summed E-state index contributed by atoms with van der Waals surface area (Å²) in [6.45, 7) is 8.13. The lowest BCUT2D eigenvalue weighted by molar-refractivity contribution is 0.131. The van der Waals surface area contributed by atoms with Gasteiger partial charge < -0.3 is 20.5 Å². The SMILES string of the molecule is CCNC(=NCC1(CCO)CCOC1)NCCCc1cn[nH]c1C. The van der Waals surface area contributed by atoms with E-state index in [1.165, 1.54) is 5.56 Å². The average molecular weight is 337 g/mol. The first kappa shape index (κ1) is 18.7. The van der Waals surface area contributed by atoms with Crippen molar-refractivity contribution in [2.45, 2.75) is 39.5 Å².